The number of likely N-dealkylation sites (tertiary alicyclic amines) is 1. The summed E-state index contributed by atoms with van der Waals surface area (Å²) >= 11 is 0. The third-order valence-corrected chi connectivity index (χ3v) is 7.02. The molecule has 0 spiro atoms. The van der Waals surface area contributed by atoms with E-state index in [9.17, 15) is 17.6 Å². The second-order valence-electron chi connectivity index (χ2n) is 8.06. The van der Waals surface area contributed by atoms with Crippen LogP contribution in [0.1, 0.15) is 28.8 Å². The molecular weight excluding hydrogens is 441 g/mol. The van der Waals surface area contributed by atoms with Crippen LogP contribution in [0.25, 0.3) is 0 Å². The predicted molar refractivity (Wildman–Crippen MR) is 127 cm³/mol. The molecule has 3 aromatic rings. The van der Waals surface area contributed by atoms with Crippen LogP contribution in [0.2, 0.25) is 0 Å². The molecule has 1 amide bonds. The SMILES string of the molecule is O=C(Nc1ccc(CCN2CCCC2)cc1)c1cccc(S(=O)(=O)Nc2ccccc2F)c1. The molecule has 1 saturated heterocycles. The molecule has 0 bridgehead atoms. The second kappa shape index (κ2) is 10.1. The Kier molecular flexibility index (Phi) is 7.05. The largest absolute Gasteiger partial charge is 0.322 e. The smallest absolute Gasteiger partial charge is 0.262 e. The lowest BCUT2D eigenvalue weighted by atomic mass is 10.1. The van der Waals surface area contributed by atoms with E-state index in [1.165, 1.54) is 80.0 Å². The third-order valence-electron chi connectivity index (χ3n) is 5.65. The van der Waals surface area contributed by atoms with Crippen LogP contribution in [0.4, 0.5) is 15.8 Å². The molecule has 0 saturated carbocycles. The van der Waals surface area contributed by atoms with Gasteiger partial charge in [-0.25, -0.2) is 12.8 Å². The van der Waals surface area contributed by atoms with Gasteiger partial charge in [-0.3, -0.25) is 9.52 Å². The van der Waals surface area contributed by atoms with Crippen LogP contribution in [-0.4, -0.2) is 38.9 Å². The minimum atomic E-state index is -4.06. The van der Waals surface area contributed by atoms with Gasteiger partial charge in [0.15, 0.2) is 0 Å². The number of carbonyl (C=O) groups excluding carboxylic acids is 1. The van der Waals surface area contributed by atoms with E-state index in [2.05, 4.69) is 14.9 Å². The Morgan fingerprint density at radius 2 is 1.67 bits per heavy atom. The molecule has 0 unspecified atom stereocenters. The Labute approximate surface area is 193 Å². The van der Waals surface area contributed by atoms with Gasteiger partial charge in [0.05, 0.1) is 10.6 Å². The highest BCUT2D eigenvalue weighted by Crippen LogP contribution is 2.20. The average Bonchev–Trinajstić information content (AvgIpc) is 3.34. The monoisotopic (exact) mass is 467 g/mol. The molecule has 2 N–H and O–H groups in total. The molecule has 8 heteroatoms. The van der Waals surface area contributed by atoms with Crippen molar-refractivity contribution in [3.63, 3.8) is 0 Å². The number of rotatable bonds is 8. The molecule has 0 aliphatic carbocycles. The maximum absolute atomic E-state index is 13.8. The zero-order valence-electron chi connectivity index (χ0n) is 18.1. The van der Waals surface area contributed by atoms with Crippen LogP contribution in [0, 0.1) is 5.82 Å². The fraction of sp³-hybridized carbons (Fsp3) is 0.240. The summed E-state index contributed by atoms with van der Waals surface area (Å²) in [7, 11) is -4.06. The number of benzene rings is 3. The molecule has 0 radical (unpaired) electrons. The highest BCUT2D eigenvalue weighted by Gasteiger charge is 2.18. The number of sulfonamides is 1. The van der Waals surface area contributed by atoms with Crippen molar-refractivity contribution in [2.24, 2.45) is 0 Å². The number of nitrogens with zero attached hydrogens (tertiary/aromatic N) is 1. The zero-order chi connectivity index (χ0) is 23.3. The molecule has 4 rings (SSSR count). The minimum Gasteiger partial charge on any atom is -0.322 e. The molecule has 1 aliphatic rings. The minimum absolute atomic E-state index is 0.129. The van der Waals surface area contributed by atoms with Gasteiger partial charge in [-0.15, -0.1) is 0 Å². The number of carbonyl (C=O) groups is 1. The zero-order valence-corrected chi connectivity index (χ0v) is 18.9. The van der Waals surface area contributed by atoms with Crippen molar-refractivity contribution in [3.8, 4) is 0 Å². The first kappa shape index (κ1) is 22.9. The van der Waals surface area contributed by atoms with E-state index >= 15 is 0 Å². The number of hydrogen-bond donors (Lipinski definition) is 2. The number of halogens is 1. The van der Waals surface area contributed by atoms with Crippen LogP contribution in [-0.2, 0) is 16.4 Å². The van der Waals surface area contributed by atoms with Crippen molar-refractivity contribution in [2.75, 3.05) is 29.7 Å². The summed E-state index contributed by atoms with van der Waals surface area (Å²) in [6, 6.07) is 18.8. The Morgan fingerprint density at radius 3 is 2.39 bits per heavy atom. The quantitative estimate of drug-likeness (QED) is 0.511. The maximum Gasteiger partial charge on any atom is 0.262 e. The first-order valence-corrected chi connectivity index (χ1v) is 12.4. The summed E-state index contributed by atoms with van der Waals surface area (Å²) in [5, 5.41) is 2.80. The number of hydrogen-bond acceptors (Lipinski definition) is 4. The van der Waals surface area contributed by atoms with Gasteiger partial charge in [-0.1, -0.05) is 30.3 Å². The van der Waals surface area contributed by atoms with Crippen LogP contribution in [0.3, 0.4) is 0 Å². The summed E-state index contributed by atoms with van der Waals surface area (Å²) in [5.74, 6) is -1.11. The first-order valence-electron chi connectivity index (χ1n) is 10.9. The van der Waals surface area contributed by atoms with E-state index in [4.69, 9.17) is 0 Å². The Bertz CT molecular complexity index is 1220. The van der Waals surface area contributed by atoms with E-state index in [-0.39, 0.29) is 16.1 Å². The predicted octanol–water partition coefficient (Wildman–Crippen LogP) is 4.52. The van der Waals surface area contributed by atoms with Gasteiger partial charge >= 0.3 is 0 Å². The van der Waals surface area contributed by atoms with E-state index in [1.807, 2.05) is 24.3 Å². The molecule has 33 heavy (non-hydrogen) atoms. The molecular formula is C25H26FN3O3S. The van der Waals surface area contributed by atoms with Crippen molar-refractivity contribution < 1.29 is 17.6 Å². The van der Waals surface area contributed by atoms with Gasteiger partial charge < -0.3 is 10.2 Å². The van der Waals surface area contributed by atoms with Crippen molar-refractivity contribution in [1.29, 1.82) is 0 Å². The van der Waals surface area contributed by atoms with Gasteiger partial charge in [0, 0.05) is 17.8 Å². The lowest BCUT2D eigenvalue weighted by molar-refractivity contribution is 0.102. The fourth-order valence-corrected chi connectivity index (χ4v) is 4.92. The van der Waals surface area contributed by atoms with Crippen LogP contribution in [0.5, 0.6) is 0 Å². The second-order valence-corrected chi connectivity index (χ2v) is 9.75. The normalized spacial score (nSPS) is 14.2. The molecule has 1 heterocycles. The average molecular weight is 468 g/mol. The van der Waals surface area contributed by atoms with Crippen LogP contribution < -0.4 is 10.0 Å². The Balaban J connectivity index is 1.40. The molecule has 3 aromatic carbocycles. The van der Waals surface area contributed by atoms with Gasteiger partial charge in [-0.05, 0) is 80.4 Å². The highest BCUT2D eigenvalue weighted by atomic mass is 32.2. The van der Waals surface area contributed by atoms with Crippen LogP contribution in [0.15, 0.2) is 77.7 Å². The molecule has 172 valence electrons. The lowest BCUT2D eigenvalue weighted by Crippen LogP contribution is -2.21. The third kappa shape index (κ3) is 5.97. The van der Waals surface area contributed by atoms with E-state index < -0.39 is 21.7 Å². The van der Waals surface area contributed by atoms with Crippen molar-refractivity contribution in [1.82, 2.24) is 4.90 Å². The summed E-state index contributed by atoms with van der Waals surface area (Å²) in [5.41, 5.74) is 1.86. The Hall–Kier alpha value is -3.23. The number of nitrogens with one attached hydrogen (secondary N) is 2. The molecule has 6 nitrogen and oxygen atoms in total. The van der Waals surface area contributed by atoms with Gasteiger partial charge in [0.2, 0.25) is 0 Å². The Morgan fingerprint density at radius 1 is 0.939 bits per heavy atom. The fourth-order valence-electron chi connectivity index (χ4n) is 3.80. The number of amides is 1. The standard InChI is InChI=1S/C25H26FN3O3S/c26-23-8-1-2-9-24(23)28-33(31,32)22-7-5-6-20(18-22)25(30)27-21-12-10-19(11-13-21)14-17-29-15-3-4-16-29/h1-2,5-13,18,28H,3-4,14-17H2,(H,27,30). The summed E-state index contributed by atoms with van der Waals surface area (Å²) in [6.45, 7) is 3.37. The number of anilines is 2. The summed E-state index contributed by atoms with van der Waals surface area (Å²) in [4.78, 5) is 15.0. The summed E-state index contributed by atoms with van der Waals surface area (Å²) in [6.07, 6.45) is 3.50. The topological polar surface area (TPSA) is 78.5 Å². The van der Waals surface area contributed by atoms with E-state index in [0.717, 1.165) is 13.0 Å². The lowest BCUT2D eigenvalue weighted by Gasteiger charge is -2.14. The first-order chi connectivity index (χ1) is 15.9. The molecule has 1 fully saturated rings. The highest BCUT2D eigenvalue weighted by molar-refractivity contribution is 7.92. The van der Waals surface area contributed by atoms with Gasteiger partial charge in [0.1, 0.15) is 5.82 Å². The summed E-state index contributed by atoms with van der Waals surface area (Å²) < 4.78 is 41.4. The van der Waals surface area contributed by atoms with Gasteiger partial charge in [0.25, 0.3) is 15.9 Å². The maximum atomic E-state index is 13.8. The number of para-hydroxylation sites is 1. The van der Waals surface area contributed by atoms with Crippen LogP contribution >= 0.6 is 0 Å². The van der Waals surface area contributed by atoms with Gasteiger partial charge in [-0.2, -0.15) is 0 Å². The van der Waals surface area contributed by atoms with Crippen molar-refractivity contribution in [2.45, 2.75) is 24.2 Å². The van der Waals surface area contributed by atoms with E-state index in [0.29, 0.717) is 5.69 Å². The molecule has 0 atom stereocenters. The molecule has 0 aromatic heterocycles. The van der Waals surface area contributed by atoms with Crippen molar-refractivity contribution in [3.05, 3.63) is 89.7 Å². The van der Waals surface area contributed by atoms with E-state index in [1.54, 1.807) is 0 Å². The molecule has 1 aliphatic heterocycles. The van der Waals surface area contributed by atoms with Crippen molar-refractivity contribution >= 4 is 27.3 Å².